The Morgan fingerprint density at radius 1 is 0.491 bits per heavy atom. The largest absolute Gasteiger partial charge is 0.451 e. The van der Waals surface area contributed by atoms with Crippen molar-refractivity contribution in [2.75, 3.05) is 0 Å². The van der Waals surface area contributed by atoms with E-state index in [0.29, 0.717) is 35.8 Å². The number of hydrogen-bond donors (Lipinski definition) is 0. The van der Waals surface area contributed by atoms with Crippen LogP contribution in [0.15, 0.2) is 72.8 Å². The molecular weight excluding hydrogens is 655 g/mol. The Balaban J connectivity index is 1.22. The highest BCUT2D eigenvalue weighted by atomic mass is 19.1. The number of benzene rings is 4. The zero-order valence-corrected chi connectivity index (χ0v) is 33.1. The summed E-state index contributed by atoms with van der Waals surface area (Å²) in [6.07, 6.45) is 19.5. The van der Waals surface area contributed by atoms with E-state index in [-0.39, 0.29) is 23.1 Å². The molecule has 4 aromatic carbocycles. The Kier molecular flexibility index (Phi) is 14.2. The van der Waals surface area contributed by atoms with Gasteiger partial charge in [-0.2, -0.15) is 0 Å². The second-order valence-electron chi connectivity index (χ2n) is 16.4. The minimum absolute atomic E-state index is 0.0952. The first kappa shape index (κ1) is 39.2. The van der Waals surface area contributed by atoms with E-state index in [4.69, 9.17) is 4.74 Å². The maximum atomic E-state index is 16.6. The average Bonchev–Trinajstić information content (AvgIpc) is 3.20. The lowest BCUT2D eigenvalue weighted by Crippen LogP contribution is -2.12. The molecule has 2 fully saturated rings. The van der Waals surface area contributed by atoms with Gasteiger partial charge in [0, 0.05) is 12.8 Å². The van der Waals surface area contributed by atoms with Gasteiger partial charge >= 0.3 is 0 Å². The normalized spacial score (nSPS) is 20.4. The van der Waals surface area contributed by atoms with Crippen molar-refractivity contribution < 1.29 is 13.5 Å². The van der Waals surface area contributed by atoms with Gasteiger partial charge in [-0.15, -0.1) is 0 Å². The standard InChI is InChI=1S/C50H64F2O/c1-5-9-11-43-29-31-47(49(51)45(43)33-37-17-25-41(26-18-37)39-21-13-35(7-3)14-22-39)53-48-32-30-44(12-10-6-2)46(50(48)52)34-38-19-27-42(28-20-38)40-23-15-36(8-4)16-24-40/h17-20,25-32,35-36,39-40H,5-16,21-24,33-34H2,1-4H3. The molecule has 0 aliphatic heterocycles. The van der Waals surface area contributed by atoms with Gasteiger partial charge in [0.2, 0.25) is 0 Å². The van der Waals surface area contributed by atoms with Gasteiger partial charge in [0.15, 0.2) is 23.1 Å². The highest BCUT2D eigenvalue weighted by molar-refractivity contribution is 5.46. The second kappa shape index (κ2) is 19.2. The molecule has 0 unspecified atom stereocenters. The van der Waals surface area contributed by atoms with Crippen LogP contribution in [0.4, 0.5) is 8.78 Å². The molecule has 0 atom stereocenters. The van der Waals surface area contributed by atoms with E-state index in [1.54, 1.807) is 12.1 Å². The molecule has 284 valence electrons. The first-order chi connectivity index (χ1) is 25.9. The summed E-state index contributed by atoms with van der Waals surface area (Å²) in [5.74, 6) is 2.45. The molecular formula is C50H64F2O. The maximum Gasteiger partial charge on any atom is 0.169 e. The Hall–Kier alpha value is -3.46. The molecule has 1 nitrogen and oxygen atoms in total. The van der Waals surface area contributed by atoms with E-state index in [2.05, 4.69) is 76.2 Å². The quantitative estimate of drug-likeness (QED) is 0.112. The van der Waals surface area contributed by atoms with E-state index < -0.39 is 0 Å². The fourth-order valence-corrected chi connectivity index (χ4v) is 9.17. The highest BCUT2D eigenvalue weighted by Gasteiger charge is 2.24. The third kappa shape index (κ3) is 10.00. The lowest BCUT2D eigenvalue weighted by Gasteiger charge is -2.28. The molecule has 2 aliphatic rings. The number of rotatable bonds is 16. The summed E-state index contributed by atoms with van der Waals surface area (Å²) in [7, 11) is 0. The van der Waals surface area contributed by atoms with Crippen molar-refractivity contribution in [3.8, 4) is 11.5 Å². The summed E-state index contributed by atoms with van der Waals surface area (Å²) in [6, 6.07) is 25.2. The SMILES string of the molecule is CCCCc1ccc(Oc2ccc(CCCC)c(Cc3ccc(C4CCC(CC)CC4)cc3)c2F)c(F)c1Cc1ccc(C2CCC(CC)CC2)cc1. The van der Waals surface area contributed by atoms with Crippen LogP contribution in [-0.4, -0.2) is 0 Å². The molecule has 0 radical (unpaired) electrons. The predicted octanol–water partition coefficient (Wildman–Crippen LogP) is 15.0. The van der Waals surface area contributed by atoms with Crippen LogP contribution in [0.3, 0.4) is 0 Å². The zero-order valence-electron chi connectivity index (χ0n) is 33.1. The van der Waals surface area contributed by atoms with E-state index in [9.17, 15) is 0 Å². The molecule has 0 N–H and O–H groups in total. The van der Waals surface area contributed by atoms with E-state index >= 15 is 8.78 Å². The van der Waals surface area contributed by atoms with Gasteiger partial charge in [0.05, 0.1) is 0 Å². The van der Waals surface area contributed by atoms with Gasteiger partial charge in [-0.05, 0) is 157 Å². The van der Waals surface area contributed by atoms with Crippen LogP contribution in [0.1, 0.15) is 174 Å². The molecule has 0 spiro atoms. The van der Waals surface area contributed by atoms with Crippen molar-refractivity contribution in [3.63, 3.8) is 0 Å². The van der Waals surface area contributed by atoms with Crippen molar-refractivity contribution in [2.24, 2.45) is 11.8 Å². The Labute approximate surface area is 320 Å². The summed E-state index contributed by atoms with van der Waals surface area (Å²) in [5, 5.41) is 0. The highest BCUT2D eigenvalue weighted by Crippen LogP contribution is 2.39. The van der Waals surface area contributed by atoms with Gasteiger partial charge in [0.1, 0.15) is 0 Å². The number of unbranched alkanes of at least 4 members (excludes halogenated alkanes) is 2. The van der Waals surface area contributed by atoms with Gasteiger partial charge < -0.3 is 4.74 Å². The molecule has 0 saturated heterocycles. The van der Waals surface area contributed by atoms with Crippen molar-refractivity contribution in [3.05, 3.63) is 129 Å². The lowest BCUT2D eigenvalue weighted by atomic mass is 9.77. The van der Waals surface area contributed by atoms with Crippen LogP contribution >= 0.6 is 0 Å². The zero-order chi connectivity index (χ0) is 37.2. The molecule has 3 heteroatoms. The van der Waals surface area contributed by atoms with Crippen LogP contribution in [0, 0.1) is 23.5 Å². The summed E-state index contributed by atoms with van der Waals surface area (Å²) < 4.78 is 39.4. The number of halogens is 2. The first-order valence-corrected chi connectivity index (χ1v) is 21.4. The number of ether oxygens (including phenoxy) is 1. The third-order valence-electron chi connectivity index (χ3n) is 12.9. The van der Waals surface area contributed by atoms with Gasteiger partial charge in [-0.25, -0.2) is 8.78 Å². The average molecular weight is 719 g/mol. The molecule has 4 aromatic rings. The minimum atomic E-state index is -0.375. The van der Waals surface area contributed by atoms with Crippen molar-refractivity contribution in [2.45, 2.75) is 155 Å². The Morgan fingerprint density at radius 3 is 1.21 bits per heavy atom. The van der Waals surface area contributed by atoms with Gasteiger partial charge in [0.25, 0.3) is 0 Å². The predicted molar refractivity (Wildman–Crippen MR) is 219 cm³/mol. The molecule has 53 heavy (non-hydrogen) atoms. The van der Waals surface area contributed by atoms with Crippen LogP contribution in [0.25, 0.3) is 0 Å². The van der Waals surface area contributed by atoms with E-state index in [0.717, 1.165) is 72.6 Å². The third-order valence-corrected chi connectivity index (χ3v) is 12.9. The van der Waals surface area contributed by atoms with Crippen molar-refractivity contribution in [1.29, 1.82) is 0 Å². The van der Waals surface area contributed by atoms with Crippen LogP contribution in [-0.2, 0) is 25.7 Å². The Bertz CT molecular complexity index is 1590. The Morgan fingerprint density at radius 2 is 0.868 bits per heavy atom. The second-order valence-corrected chi connectivity index (χ2v) is 16.4. The topological polar surface area (TPSA) is 9.23 Å². The monoisotopic (exact) mass is 718 g/mol. The minimum Gasteiger partial charge on any atom is -0.451 e. The van der Waals surface area contributed by atoms with Gasteiger partial charge in [-0.1, -0.05) is 114 Å². The molecule has 0 bridgehead atoms. The molecule has 0 heterocycles. The fourth-order valence-electron chi connectivity index (χ4n) is 9.17. The van der Waals surface area contributed by atoms with Crippen molar-refractivity contribution in [1.82, 2.24) is 0 Å². The molecule has 6 rings (SSSR count). The van der Waals surface area contributed by atoms with Crippen LogP contribution in [0.5, 0.6) is 11.5 Å². The molecule has 2 saturated carbocycles. The summed E-state index contributed by atoms with van der Waals surface area (Å²) in [4.78, 5) is 0. The van der Waals surface area contributed by atoms with Crippen LogP contribution in [0.2, 0.25) is 0 Å². The summed E-state index contributed by atoms with van der Waals surface area (Å²) >= 11 is 0. The molecule has 0 aromatic heterocycles. The van der Waals surface area contributed by atoms with Gasteiger partial charge in [-0.3, -0.25) is 0 Å². The van der Waals surface area contributed by atoms with Crippen LogP contribution < -0.4 is 4.74 Å². The lowest BCUT2D eigenvalue weighted by molar-refractivity contribution is 0.319. The maximum absolute atomic E-state index is 16.6. The first-order valence-electron chi connectivity index (χ1n) is 21.4. The summed E-state index contributed by atoms with van der Waals surface area (Å²) in [6.45, 7) is 8.95. The number of hydrogen-bond acceptors (Lipinski definition) is 1. The summed E-state index contributed by atoms with van der Waals surface area (Å²) in [5.41, 5.74) is 8.35. The number of aryl methyl sites for hydroxylation is 2. The van der Waals surface area contributed by atoms with Crippen molar-refractivity contribution >= 4 is 0 Å². The fraction of sp³-hybridized carbons (Fsp3) is 0.520. The molecule has 2 aliphatic carbocycles. The van der Waals surface area contributed by atoms with E-state index in [1.165, 1.54) is 75.3 Å². The molecule has 0 amide bonds. The van der Waals surface area contributed by atoms with E-state index in [1.807, 2.05) is 12.1 Å². The smallest absolute Gasteiger partial charge is 0.169 e.